The largest absolute Gasteiger partial charge is 0.355 e. The second-order valence-electron chi connectivity index (χ2n) is 6.99. The van der Waals surface area contributed by atoms with Crippen molar-refractivity contribution in [3.8, 4) is 0 Å². The molecule has 1 saturated heterocycles. The zero-order chi connectivity index (χ0) is 17.1. The Balaban J connectivity index is 1.47. The lowest BCUT2D eigenvalue weighted by Gasteiger charge is -2.23. The Labute approximate surface area is 143 Å². The van der Waals surface area contributed by atoms with E-state index in [0.717, 1.165) is 30.1 Å². The number of rotatable bonds is 5. The minimum absolute atomic E-state index is 0.0202. The molecule has 3 rings (SSSR count). The van der Waals surface area contributed by atoms with Gasteiger partial charge in [-0.05, 0) is 32.8 Å². The molecule has 2 amide bonds. The lowest BCUT2D eigenvalue weighted by Crippen LogP contribution is -2.37. The van der Waals surface area contributed by atoms with E-state index < -0.39 is 0 Å². The molecule has 130 valence electrons. The summed E-state index contributed by atoms with van der Waals surface area (Å²) < 4.78 is 0. The first-order chi connectivity index (χ1) is 11.5. The van der Waals surface area contributed by atoms with Crippen LogP contribution in [-0.2, 0) is 16.0 Å². The predicted octanol–water partition coefficient (Wildman–Crippen LogP) is 1.54. The molecule has 1 N–H and O–H groups in total. The van der Waals surface area contributed by atoms with E-state index in [4.69, 9.17) is 0 Å². The first-order valence-electron chi connectivity index (χ1n) is 8.91. The van der Waals surface area contributed by atoms with Crippen molar-refractivity contribution in [2.75, 3.05) is 13.1 Å². The summed E-state index contributed by atoms with van der Waals surface area (Å²) in [6.07, 6.45) is 5.53. The predicted molar refractivity (Wildman–Crippen MR) is 90.3 cm³/mol. The summed E-state index contributed by atoms with van der Waals surface area (Å²) in [4.78, 5) is 35.2. The Hall–Kier alpha value is -1.98. The number of hydrogen-bond acceptors (Lipinski definition) is 4. The molecule has 2 fully saturated rings. The van der Waals surface area contributed by atoms with E-state index in [-0.39, 0.29) is 17.7 Å². The summed E-state index contributed by atoms with van der Waals surface area (Å²) >= 11 is 0. The highest BCUT2D eigenvalue weighted by molar-refractivity contribution is 5.89. The molecule has 2 aliphatic rings. The van der Waals surface area contributed by atoms with Gasteiger partial charge in [-0.3, -0.25) is 9.59 Å². The normalized spacial score (nSPS) is 21.5. The molecule has 1 aliphatic heterocycles. The molecule has 6 heteroatoms. The summed E-state index contributed by atoms with van der Waals surface area (Å²) in [5.41, 5.74) is 1.88. The SMILES string of the molecule is Cc1cc(C)nc(CCNC(=O)C2CC(=O)N(C3CCCC3)C2)n1. The van der Waals surface area contributed by atoms with Gasteiger partial charge < -0.3 is 10.2 Å². The highest BCUT2D eigenvalue weighted by atomic mass is 16.2. The van der Waals surface area contributed by atoms with Crippen LogP contribution < -0.4 is 5.32 Å². The topological polar surface area (TPSA) is 75.2 Å². The van der Waals surface area contributed by atoms with Crippen LogP contribution in [0.5, 0.6) is 0 Å². The van der Waals surface area contributed by atoms with Gasteiger partial charge in [-0.1, -0.05) is 12.8 Å². The molecule has 0 bridgehead atoms. The van der Waals surface area contributed by atoms with Crippen molar-refractivity contribution in [2.24, 2.45) is 5.92 Å². The Morgan fingerprint density at radius 3 is 2.58 bits per heavy atom. The van der Waals surface area contributed by atoms with Gasteiger partial charge in [0, 0.05) is 43.4 Å². The number of aromatic nitrogens is 2. The smallest absolute Gasteiger partial charge is 0.225 e. The fourth-order valence-electron chi connectivity index (χ4n) is 3.83. The van der Waals surface area contributed by atoms with Crippen LogP contribution in [-0.4, -0.2) is 45.8 Å². The summed E-state index contributed by atoms with van der Waals surface area (Å²) in [5.74, 6) is 0.661. The van der Waals surface area contributed by atoms with E-state index in [1.54, 1.807) is 0 Å². The van der Waals surface area contributed by atoms with Crippen LogP contribution in [0.25, 0.3) is 0 Å². The number of carbonyl (C=O) groups is 2. The fraction of sp³-hybridized carbons (Fsp3) is 0.667. The number of likely N-dealkylation sites (tertiary alicyclic amines) is 1. The van der Waals surface area contributed by atoms with Crippen LogP contribution in [0.3, 0.4) is 0 Å². The van der Waals surface area contributed by atoms with Crippen LogP contribution >= 0.6 is 0 Å². The van der Waals surface area contributed by atoms with Gasteiger partial charge in [-0.15, -0.1) is 0 Å². The molecule has 1 aromatic heterocycles. The second-order valence-corrected chi connectivity index (χ2v) is 6.99. The summed E-state index contributed by atoms with van der Waals surface area (Å²) in [6.45, 7) is 4.97. The van der Waals surface area contributed by atoms with Crippen molar-refractivity contribution in [1.82, 2.24) is 20.2 Å². The number of aryl methyl sites for hydroxylation is 2. The minimum Gasteiger partial charge on any atom is -0.355 e. The van der Waals surface area contributed by atoms with E-state index in [0.29, 0.717) is 32.0 Å². The van der Waals surface area contributed by atoms with Gasteiger partial charge >= 0.3 is 0 Å². The van der Waals surface area contributed by atoms with E-state index in [1.807, 2.05) is 24.8 Å². The second kappa shape index (κ2) is 7.28. The van der Waals surface area contributed by atoms with E-state index in [2.05, 4.69) is 15.3 Å². The Morgan fingerprint density at radius 2 is 1.92 bits per heavy atom. The molecular formula is C18H26N4O2. The van der Waals surface area contributed by atoms with Crippen molar-refractivity contribution >= 4 is 11.8 Å². The van der Waals surface area contributed by atoms with Crippen molar-refractivity contribution in [2.45, 2.75) is 58.4 Å². The van der Waals surface area contributed by atoms with Gasteiger partial charge in [0.25, 0.3) is 0 Å². The highest BCUT2D eigenvalue weighted by Crippen LogP contribution is 2.29. The Kier molecular flexibility index (Phi) is 5.11. The molecule has 1 atom stereocenters. The van der Waals surface area contributed by atoms with Crippen LogP contribution in [0.4, 0.5) is 0 Å². The quantitative estimate of drug-likeness (QED) is 0.889. The summed E-state index contributed by atoms with van der Waals surface area (Å²) in [7, 11) is 0. The summed E-state index contributed by atoms with van der Waals surface area (Å²) in [6, 6.07) is 2.29. The zero-order valence-corrected chi connectivity index (χ0v) is 14.5. The molecule has 24 heavy (non-hydrogen) atoms. The van der Waals surface area contributed by atoms with Crippen LogP contribution in [0, 0.1) is 19.8 Å². The van der Waals surface area contributed by atoms with Crippen molar-refractivity contribution in [3.63, 3.8) is 0 Å². The molecule has 0 spiro atoms. The van der Waals surface area contributed by atoms with E-state index in [1.165, 1.54) is 12.8 Å². The molecule has 1 aliphatic carbocycles. The Morgan fingerprint density at radius 1 is 1.25 bits per heavy atom. The number of carbonyl (C=O) groups excluding carboxylic acids is 2. The first kappa shape index (κ1) is 16.9. The first-order valence-corrected chi connectivity index (χ1v) is 8.91. The fourth-order valence-corrected chi connectivity index (χ4v) is 3.83. The molecule has 2 heterocycles. The lowest BCUT2D eigenvalue weighted by molar-refractivity contribution is -0.130. The third-order valence-electron chi connectivity index (χ3n) is 4.97. The number of amides is 2. The molecular weight excluding hydrogens is 304 g/mol. The van der Waals surface area contributed by atoms with Gasteiger partial charge in [0.1, 0.15) is 5.82 Å². The number of nitrogens with zero attached hydrogens (tertiary/aromatic N) is 3. The zero-order valence-electron chi connectivity index (χ0n) is 14.5. The van der Waals surface area contributed by atoms with E-state index >= 15 is 0 Å². The third kappa shape index (κ3) is 3.91. The minimum atomic E-state index is -0.210. The maximum absolute atomic E-state index is 12.3. The van der Waals surface area contributed by atoms with Crippen LogP contribution in [0.1, 0.15) is 49.3 Å². The molecule has 6 nitrogen and oxygen atoms in total. The average molecular weight is 330 g/mol. The number of hydrogen-bond donors (Lipinski definition) is 1. The van der Waals surface area contributed by atoms with Crippen LogP contribution in [0.15, 0.2) is 6.07 Å². The maximum Gasteiger partial charge on any atom is 0.225 e. The van der Waals surface area contributed by atoms with Crippen LogP contribution in [0.2, 0.25) is 0 Å². The van der Waals surface area contributed by atoms with Gasteiger partial charge in [0.05, 0.1) is 5.92 Å². The number of nitrogens with one attached hydrogen (secondary N) is 1. The molecule has 0 radical (unpaired) electrons. The van der Waals surface area contributed by atoms with E-state index in [9.17, 15) is 9.59 Å². The standard InChI is InChI=1S/C18H26N4O2/c1-12-9-13(2)21-16(20-12)7-8-19-18(24)14-10-17(23)22(11-14)15-5-3-4-6-15/h9,14-15H,3-8,10-11H2,1-2H3,(H,19,24). The third-order valence-corrected chi connectivity index (χ3v) is 4.97. The van der Waals surface area contributed by atoms with Crippen molar-refractivity contribution in [1.29, 1.82) is 0 Å². The van der Waals surface area contributed by atoms with Gasteiger partial charge in [0.15, 0.2) is 0 Å². The summed E-state index contributed by atoms with van der Waals surface area (Å²) in [5, 5.41) is 2.95. The average Bonchev–Trinajstić information content (AvgIpc) is 3.15. The molecule has 0 aromatic carbocycles. The molecule has 1 unspecified atom stereocenters. The molecule has 1 aromatic rings. The van der Waals surface area contributed by atoms with Crippen molar-refractivity contribution in [3.05, 3.63) is 23.3 Å². The highest BCUT2D eigenvalue weighted by Gasteiger charge is 2.38. The van der Waals surface area contributed by atoms with Gasteiger partial charge in [-0.2, -0.15) is 0 Å². The van der Waals surface area contributed by atoms with Crippen molar-refractivity contribution < 1.29 is 9.59 Å². The maximum atomic E-state index is 12.3. The van der Waals surface area contributed by atoms with Gasteiger partial charge in [0.2, 0.25) is 11.8 Å². The van der Waals surface area contributed by atoms with Gasteiger partial charge in [-0.25, -0.2) is 9.97 Å². The monoisotopic (exact) mass is 330 g/mol. The Bertz CT molecular complexity index is 605. The lowest BCUT2D eigenvalue weighted by atomic mass is 10.1. The molecule has 1 saturated carbocycles.